The van der Waals surface area contributed by atoms with Crippen LogP contribution in [0, 0.1) is 6.92 Å². The fourth-order valence-electron chi connectivity index (χ4n) is 3.28. The van der Waals surface area contributed by atoms with Crippen molar-refractivity contribution >= 4 is 48.8 Å². The molecule has 0 bridgehead atoms. The van der Waals surface area contributed by atoms with Gasteiger partial charge >= 0.3 is 0 Å². The third kappa shape index (κ3) is 3.45. The standard InChI is InChI=1S/C16H21Si.2ClH.Hf/c1-11-15-9-13-7-5-6-12(13)8-14(15)10-16(11)17(2,3)4;;;/h8-10H,5-7H2,1-4H3;2*1H;/q-1;;;. The van der Waals surface area contributed by atoms with Crippen molar-refractivity contribution in [3.63, 3.8) is 0 Å². The van der Waals surface area contributed by atoms with E-state index in [1.807, 2.05) is 0 Å². The predicted molar refractivity (Wildman–Crippen MR) is 93.8 cm³/mol. The fraction of sp³-hybridized carbons (Fsp3) is 0.438. The maximum atomic E-state index is 2.47. The summed E-state index contributed by atoms with van der Waals surface area (Å²) in [6.07, 6.45) is 3.93. The summed E-state index contributed by atoms with van der Waals surface area (Å²) < 4.78 is 0. The van der Waals surface area contributed by atoms with Crippen molar-refractivity contribution in [2.45, 2.75) is 45.8 Å². The van der Waals surface area contributed by atoms with Crippen LogP contribution in [0.1, 0.15) is 23.1 Å². The van der Waals surface area contributed by atoms with Crippen LogP contribution in [0.4, 0.5) is 0 Å². The maximum Gasteiger partial charge on any atom is 0.0567 e. The van der Waals surface area contributed by atoms with Gasteiger partial charge in [-0.1, -0.05) is 37.7 Å². The summed E-state index contributed by atoms with van der Waals surface area (Å²) in [5.41, 5.74) is 4.76. The van der Waals surface area contributed by atoms with Crippen LogP contribution in [0.25, 0.3) is 10.8 Å². The van der Waals surface area contributed by atoms with E-state index in [-0.39, 0.29) is 50.7 Å². The van der Waals surface area contributed by atoms with E-state index in [1.165, 1.54) is 30.0 Å². The molecule has 3 rings (SSSR count). The normalized spacial score (nSPS) is 13.2. The van der Waals surface area contributed by atoms with Gasteiger partial charge in [0.2, 0.25) is 0 Å². The first-order valence-corrected chi connectivity index (χ1v) is 10.2. The number of aryl methyl sites for hydroxylation is 3. The van der Waals surface area contributed by atoms with E-state index < -0.39 is 8.07 Å². The van der Waals surface area contributed by atoms with E-state index >= 15 is 0 Å². The maximum absolute atomic E-state index is 2.47. The quantitative estimate of drug-likeness (QED) is 0.398. The zero-order chi connectivity index (χ0) is 12.2. The third-order valence-corrected chi connectivity index (χ3v) is 6.32. The first-order chi connectivity index (χ1) is 7.97. The monoisotopic (exact) mass is 493 g/mol. The summed E-state index contributed by atoms with van der Waals surface area (Å²) in [5.74, 6) is 0. The third-order valence-electron chi connectivity index (χ3n) is 4.18. The second-order valence-corrected chi connectivity index (χ2v) is 11.5. The van der Waals surface area contributed by atoms with Gasteiger partial charge in [-0.15, -0.1) is 58.5 Å². The summed E-state index contributed by atoms with van der Waals surface area (Å²) in [5, 5.41) is 4.65. The van der Waals surface area contributed by atoms with E-state index in [0.717, 1.165) is 0 Å². The van der Waals surface area contributed by atoms with Gasteiger partial charge in [0.05, 0.1) is 8.07 Å². The van der Waals surface area contributed by atoms with Gasteiger partial charge in [-0.25, -0.2) is 0 Å². The SMILES string of the molecule is C[c-]1c([Si](C)(C)C)cc2cc3c(cc21)CCC3.Cl.Cl.[Hf]. The molecule has 2 aromatic rings. The summed E-state index contributed by atoms with van der Waals surface area (Å²) in [7, 11) is -1.19. The Bertz CT molecular complexity index is 597. The number of benzene rings is 1. The van der Waals surface area contributed by atoms with Gasteiger partial charge in [-0.05, 0) is 19.3 Å². The Morgan fingerprint density at radius 1 is 0.950 bits per heavy atom. The molecule has 0 aromatic heterocycles. The summed E-state index contributed by atoms with van der Waals surface area (Å²) in [4.78, 5) is 0. The van der Waals surface area contributed by atoms with Crippen LogP contribution in [0.3, 0.4) is 0 Å². The first-order valence-electron chi connectivity index (χ1n) is 6.69. The molecule has 110 valence electrons. The van der Waals surface area contributed by atoms with E-state index in [4.69, 9.17) is 0 Å². The van der Waals surface area contributed by atoms with Gasteiger partial charge in [0.1, 0.15) is 0 Å². The van der Waals surface area contributed by atoms with Gasteiger partial charge in [0.25, 0.3) is 0 Å². The molecule has 0 radical (unpaired) electrons. The molecule has 0 aliphatic heterocycles. The van der Waals surface area contributed by atoms with E-state index in [9.17, 15) is 0 Å². The molecule has 2 aromatic carbocycles. The van der Waals surface area contributed by atoms with Crippen molar-refractivity contribution in [3.05, 3.63) is 34.9 Å². The Kier molecular flexibility index (Phi) is 7.35. The molecule has 0 amide bonds. The molecular formula is C16H23Cl2HfSi-. The Balaban J connectivity index is 0.00000120. The molecule has 4 heteroatoms. The van der Waals surface area contributed by atoms with Crippen molar-refractivity contribution in [2.75, 3.05) is 0 Å². The Morgan fingerprint density at radius 2 is 1.50 bits per heavy atom. The smallest absolute Gasteiger partial charge is 0.0567 e. The van der Waals surface area contributed by atoms with E-state index in [1.54, 1.807) is 21.9 Å². The topological polar surface area (TPSA) is 0 Å². The molecule has 0 spiro atoms. The van der Waals surface area contributed by atoms with Crippen molar-refractivity contribution in [3.8, 4) is 0 Å². The molecule has 0 atom stereocenters. The van der Waals surface area contributed by atoms with Gasteiger partial charge in [0.15, 0.2) is 0 Å². The minimum Gasteiger partial charge on any atom is -0.168 e. The minimum absolute atomic E-state index is 0. The summed E-state index contributed by atoms with van der Waals surface area (Å²) in [6, 6.07) is 7.39. The molecule has 0 saturated heterocycles. The summed E-state index contributed by atoms with van der Waals surface area (Å²) >= 11 is 0. The predicted octanol–water partition coefficient (Wildman–Crippen LogP) is 4.74. The number of hydrogen-bond acceptors (Lipinski definition) is 0. The van der Waals surface area contributed by atoms with Gasteiger partial charge in [0, 0.05) is 25.8 Å². The number of fused-ring (bicyclic) bond motifs is 2. The first kappa shape index (κ1) is 20.5. The number of rotatable bonds is 1. The van der Waals surface area contributed by atoms with Gasteiger partial charge in [-0.3, -0.25) is 0 Å². The van der Waals surface area contributed by atoms with Crippen molar-refractivity contribution < 1.29 is 25.8 Å². The van der Waals surface area contributed by atoms with Crippen LogP contribution < -0.4 is 5.19 Å². The second-order valence-electron chi connectivity index (χ2n) is 6.49. The van der Waals surface area contributed by atoms with E-state index in [2.05, 4.69) is 44.8 Å². The molecular weight excluding hydrogens is 470 g/mol. The van der Waals surface area contributed by atoms with Crippen LogP contribution in [-0.2, 0) is 38.7 Å². The van der Waals surface area contributed by atoms with Crippen LogP contribution in [0.2, 0.25) is 19.6 Å². The van der Waals surface area contributed by atoms with Gasteiger partial charge < -0.3 is 0 Å². The Morgan fingerprint density at radius 3 is 2.05 bits per heavy atom. The fourth-order valence-corrected chi connectivity index (χ4v) is 5.12. The molecule has 20 heavy (non-hydrogen) atoms. The second kappa shape index (κ2) is 7.17. The van der Waals surface area contributed by atoms with Crippen LogP contribution in [0.5, 0.6) is 0 Å². The van der Waals surface area contributed by atoms with Crippen LogP contribution >= 0.6 is 24.8 Å². The molecule has 0 fully saturated rings. The molecule has 0 N–H and O–H groups in total. The molecule has 1 aliphatic carbocycles. The Labute approximate surface area is 154 Å². The average molecular weight is 493 g/mol. The molecule has 0 unspecified atom stereocenters. The minimum atomic E-state index is -1.19. The van der Waals surface area contributed by atoms with Crippen molar-refractivity contribution in [1.82, 2.24) is 0 Å². The molecule has 1 aliphatic rings. The number of hydrogen-bond donors (Lipinski definition) is 0. The zero-order valence-corrected chi connectivity index (χ0v) is 18.9. The van der Waals surface area contributed by atoms with Crippen LogP contribution in [-0.4, -0.2) is 8.07 Å². The summed E-state index contributed by atoms with van der Waals surface area (Å²) in [6.45, 7) is 9.66. The Hall–Kier alpha value is 0.497. The average Bonchev–Trinajstić information content (AvgIpc) is 2.79. The molecule has 0 saturated carbocycles. The van der Waals surface area contributed by atoms with Crippen LogP contribution in [0.15, 0.2) is 18.2 Å². The number of halogens is 2. The zero-order valence-electron chi connectivity index (χ0n) is 12.7. The van der Waals surface area contributed by atoms with E-state index in [0.29, 0.717) is 0 Å². The van der Waals surface area contributed by atoms with Crippen molar-refractivity contribution in [1.29, 1.82) is 0 Å². The van der Waals surface area contributed by atoms with Gasteiger partial charge in [-0.2, -0.15) is 6.07 Å². The molecule has 0 nitrogen and oxygen atoms in total. The van der Waals surface area contributed by atoms with Crippen molar-refractivity contribution in [2.24, 2.45) is 0 Å². The largest absolute Gasteiger partial charge is 0.168 e. The molecule has 0 heterocycles.